The number of ether oxygens (including phenoxy) is 1. The van der Waals surface area contributed by atoms with Crippen LogP contribution in [0.2, 0.25) is 0 Å². The topological polar surface area (TPSA) is 107 Å². The lowest BCUT2D eigenvalue weighted by Gasteiger charge is -2.60. The van der Waals surface area contributed by atoms with Crippen molar-refractivity contribution >= 4 is 18.2 Å². The van der Waals surface area contributed by atoms with Crippen molar-refractivity contribution < 1.29 is 29.3 Å². The minimum Gasteiger partial charge on any atom is -0.465 e. The number of carbonyl (C=O) groups is 3. The molecule has 1 atom stereocenters. The molecule has 0 aromatic rings. The van der Waals surface area contributed by atoms with E-state index in [-0.39, 0.29) is 12.5 Å². The summed E-state index contributed by atoms with van der Waals surface area (Å²) in [6.45, 7) is 9.06. The molecule has 2 N–H and O–H groups in total. The van der Waals surface area contributed by atoms with Crippen LogP contribution in [0.1, 0.15) is 46.5 Å². The number of hydrogen-bond acceptors (Lipinski definition) is 4. The molecule has 0 aromatic heterocycles. The molecule has 1 fully saturated rings. The van der Waals surface area contributed by atoms with Crippen molar-refractivity contribution in [2.75, 3.05) is 20.7 Å². The van der Waals surface area contributed by atoms with E-state index >= 15 is 0 Å². The molecule has 26 heavy (non-hydrogen) atoms. The van der Waals surface area contributed by atoms with Gasteiger partial charge in [0, 0.05) is 25.1 Å². The molecule has 1 unspecified atom stereocenters. The van der Waals surface area contributed by atoms with Crippen LogP contribution in [0.15, 0.2) is 12.2 Å². The molecular formula is C18H30N2O6. The Hall–Kier alpha value is -2.25. The molecule has 0 aromatic carbocycles. The van der Waals surface area contributed by atoms with Crippen molar-refractivity contribution in [2.45, 2.75) is 52.1 Å². The highest BCUT2D eigenvalue weighted by atomic mass is 16.5. The Morgan fingerprint density at radius 1 is 1.15 bits per heavy atom. The third kappa shape index (κ3) is 3.78. The minimum absolute atomic E-state index is 0.0160. The Labute approximate surface area is 154 Å². The van der Waals surface area contributed by atoms with Gasteiger partial charge in [0.05, 0.1) is 6.61 Å². The average Bonchev–Trinajstić information content (AvgIpc) is 2.54. The molecule has 0 bridgehead atoms. The molecule has 148 valence electrons. The molecule has 8 nitrogen and oxygen atoms in total. The molecule has 0 heterocycles. The first-order valence-corrected chi connectivity index (χ1v) is 8.65. The van der Waals surface area contributed by atoms with Gasteiger partial charge < -0.3 is 14.9 Å². The van der Waals surface area contributed by atoms with Gasteiger partial charge >= 0.3 is 18.2 Å². The molecule has 0 radical (unpaired) electrons. The number of esters is 1. The lowest BCUT2D eigenvalue weighted by Crippen LogP contribution is -2.71. The second-order valence-corrected chi connectivity index (χ2v) is 7.52. The number of carboxylic acid groups (broad SMARTS) is 2. The van der Waals surface area contributed by atoms with Crippen LogP contribution in [0.5, 0.6) is 0 Å². The SMILES string of the molecule is C=C(C)C(=O)OCCC1CCCC(N(C)C(=O)O)(N(C)C(=O)O)C1(C)C. The van der Waals surface area contributed by atoms with Gasteiger partial charge in [-0.2, -0.15) is 0 Å². The van der Waals surface area contributed by atoms with Gasteiger partial charge in [0.2, 0.25) is 0 Å². The van der Waals surface area contributed by atoms with Crippen LogP contribution in [0.25, 0.3) is 0 Å². The van der Waals surface area contributed by atoms with Crippen molar-refractivity contribution in [3.05, 3.63) is 12.2 Å². The molecule has 0 saturated heterocycles. The molecule has 0 aliphatic heterocycles. The number of amides is 2. The Morgan fingerprint density at radius 3 is 2.08 bits per heavy atom. The van der Waals surface area contributed by atoms with Gasteiger partial charge in [-0.15, -0.1) is 0 Å². The van der Waals surface area contributed by atoms with Crippen LogP contribution in [0.4, 0.5) is 9.59 Å². The van der Waals surface area contributed by atoms with E-state index < -0.39 is 29.2 Å². The molecule has 1 rings (SSSR count). The molecule has 1 aliphatic carbocycles. The van der Waals surface area contributed by atoms with Crippen LogP contribution in [0, 0.1) is 11.3 Å². The standard InChI is InChI=1S/C18H30N2O6/c1-12(2)14(21)26-11-9-13-8-7-10-18(17(13,3)4,19(5)15(22)23)20(6)16(24)25/h13H,1,7-11H2,2-6H3,(H,22,23)(H,24,25). The summed E-state index contributed by atoms with van der Waals surface area (Å²) in [5.74, 6) is -0.479. The maximum Gasteiger partial charge on any atom is 0.408 e. The van der Waals surface area contributed by atoms with E-state index in [9.17, 15) is 24.6 Å². The predicted octanol–water partition coefficient (Wildman–Crippen LogP) is 3.24. The van der Waals surface area contributed by atoms with Crippen LogP contribution >= 0.6 is 0 Å². The third-order valence-electron chi connectivity index (χ3n) is 5.86. The van der Waals surface area contributed by atoms with Gasteiger partial charge in [0.1, 0.15) is 5.66 Å². The number of rotatable bonds is 6. The molecule has 2 amide bonds. The molecule has 1 aliphatic rings. The highest BCUT2D eigenvalue weighted by Crippen LogP contribution is 2.53. The highest BCUT2D eigenvalue weighted by molar-refractivity contribution is 5.86. The summed E-state index contributed by atoms with van der Waals surface area (Å²) in [6, 6.07) is 0. The van der Waals surface area contributed by atoms with Gasteiger partial charge in [-0.25, -0.2) is 14.4 Å². The van der Waals surface area contributed by atoms with E-state index in [4.69, 9.17) is 4.74 Å². The van der Waals surface area contributed by atoms with E-state index in [1.165, 1.54) is 14.1 Å². The Bertz CT molecular complexity index is 566. The predicted molar refractivity (Wildman–Crippen MR) is 95.8 cm³/mol. The van der Waals surface area contributed by atoms with Crippen LogP contribution in [-0.4, -0.2) is 64.5 Å². The number of nitrogens with zero attached hydrogens (tertiary/aromatic N) is 2. The molecule has 1 saturated carbocycles. The van der Waals surface area contributed by atoms with E-state index in [1.54, 1.807) is 6.92 Å². The maximum atomic E-state index is 11.7. The maximum absolute atomic E-state index is 11.7. The summed E-state index contributed by atoms with van der Waals surface area (Å²) >= 11 is 0. The molecule has 0 spiro atoms. The second kappa shape index (κ2) is 7.97. The van der Waals surface area contributed by atoms with E-state index in [0.29, 0.717) is 24.8 Å². The van der Waals surface area contributed by atoms with Crippen LogP contribution < -0.4 is 0 Å². The summed E-state index contributed by atoms with van der Waals surface area (Å²) < 4.78 is 5.19. The third-order valence-corrected chi connectivity index (χ3v) is 5.86. The smallest absolute Gasteiger partial charge is 0.408 e. The monoisotopic (exact) mass is 370 g/mol. The largest absolute Gasteiger partial charge is 0.465 e. The molecule has 8 heteroatoms. The first kappa shape index (κ1) is 21.8. The first-order chi connectivity index (χ1) is 11.9. The van der Waals surface area contributed by atoms with Crippen LogP contribution in [-0.2, 0) is 9.53 Å². The van der Waals surface area contributed by atoms with Gasteiger partial charge in [0.25, 0.3) is 0 Å². The van der Waals surface area contributed by atoms with Gasteiger partial charge in [0.15, 0.2) is 0 Å². The molecular weight excluding hydrogens is 340 g/mol. The Morgan fingerprint density at radius 2 is 1.65 bits per heavy atom. The summed E-state index contributed by atoms with van der Waals surface area (Å²) in [5, 5.41) is 19.2. The lowest BCUT2D eigenvalue weighted by atomic mass is 9.59. The Balaban J connectivity index is 3.15. The van der Waals surface area contributed by atoms with Crippen molar-refractivity contribution in [1.29, 1.82) is 0 Å². The Kier molecular flexibility index (Phi) is 6.68. The number of hydrogen-bond donors (Lipinski definition) is 2. The zero-order chi connectivity index (χ0) is 20.3. The van der Waals surface area contributed by atoms with Crippen LogP contribution in [0.3, 0.4) is 0 Å². The fourth-order valence-electron chi connectivity index (χ4n) is 4.27. The van der Waals surface area contributed by atoms with Gasteiger partial charge in [-0.1, -0.05) is 20.4 Å². The summed E-state index contributed by atoms with van der Waals surface area (Å²) in [6.07, 6.45) is 0.0569. The average molecular weight is 370 g/mol. The number of carbonyl (C=O) groups excluding carboxylic acids is 1. The van der Waals surface area contributed by atoms with Crippen molar-refractivity contribution in [3.63, 3.8) is 0 Å². The van der Waals surface area contributed by atoms with Gasteiger partial charge in [-0.3, -0.25) is 9.80 Å². The fraction of sp³-hybridized carbons (Fsp3) is 0.722. The van der Waals surface area contributed by atoms with Gasteiger partial charge in [-0.05, 0) is 38.5 Å². The van der Waals surface area contributed by atoms with Crippen molar-refractivity contribution in [2.24, 2.45) is 11.3 Å². The minimum atomic E-state index is -1.20. The first-order valence-electron chi connectivity index (χ1n) is 8.65. The van der Waals surface area contributed by atoms with Crippen molar-refractivity contribution in [3.8, 4) is 0 Å². The highest BCUT2D eigenvalue weighted by Gasteiger charge is 2.59. The lowest BCUT2D eigenvalue weighted by molar-refractivity contribution is -0.148. The summed E-state index contributed by atoms with van der Waals surface area (Å²) in [4.78, 5) is 37.2. The normalized spacial score (nSPS) is 20.7. The second-order valence-electron chi connectivity index (χ2n) is 7.52. The van der Waals surface area contributed by atoms with E-state index in [0.717, 1.165) is 16.2 Å². The quantitative estimate of drug-likeness (QED) is 0.422. The zero-order valence-corrected chi connectivity index (χ0v) is 16.2. The zero-order valence-electron chi connectivity index (χ0n) is 16.2. The fourth-order valence-corrected chi connectivity index (χ4v) is 4.27. The van der Waals surface area contributed by atoms with E-state index in [1.807, 2.05) is 13.8 Å². The summed E-state index contributed by atoms with van der Waals surface area (Å²) in [7, 11) is 2.82. The summed E-state index contributed by atoms with van der Waals surface area (Å²) in [5.41, 5.74) is -1.56. The van der Waals surface area contributed by atoms with Crippen molar-refractivity contribution in [1.82, 2.24) is 9.80 Å². The van der Waals surface area contributed by atoms with E-state index in [2.05, 4.69) is 6.58 Å².